The molecule has 2 saturated carbocycles. The van der Waals surface area contributed by atoms with Crippen molar-refractivity contribution in [1.29, 1.82) is 0 Å². The first-order valence-corrected chi connectivity index (χ1v) is 11.3. The van der Waals surface area contributed by atoms with Gasteiger partial charge in [0.1, 0.15) is 0 Å². The second-order valence-corrected chi connectivity index (χ2v) is 9.89. The Balaban J connectivity index is 1.46. The Morgan fingerprint density at radius 1 is 1.00 bits per heavy atom. The molecule has 5 nitrogen and oxygen atoms in total. The van der Waals surface area contributed by atoms with Crippen LogP contribution in [-0.4, -0.2) is 20.4 Å². The molecular formula is C22H26N2O3S. The molecule has 2 bridgehead atoms. The molecule has 0 aliphatic heterocycles. The van der Waals surface area contributed by atoms with E-state index in [2.05, 4.69) is 10.0 Å². The van der Waals surface area contributed by atoms with E-state index in [0.29, 0.717) is 17.2 Å². The number of amides is 1. The third kappa shape index (κ3) is 3.78. The van der Waals surface area contributed by atoms with Gasteiger partial charge in [-0.2, -0.15) is 0 Å². The van der Waals surface area contributed by atoms with Gasteiger partial charge >= 0.3 is 0 Å². The molecule has 0 saturated heterocycles. The average molecular weight is 399 g/mol. The fraction of sp³-hybridized carbons (Fsp3) is 0.409. The molecule has 0 aromatic heterocycles. The number of fused-ring (bicyclic) bond motifs is 2. The number of nitrogens with one attached hydrogen (secondary N) is 2. The molecule has 4 rings (SSSR count). The van der Waals surface area contributed by atoms with Gasteiger partial charge in [0, 0.05) is 11.6 Å². The molecule has 0 unspecified atom stereocenters. The Labute approximate surface area is 166 Å². The number of sulfonamides is 1. The van der Waals surface area contributed by atoms with Crippen molar-refractivity contribution in [3.8, 4) is 0 Å². The highest BCUT2D eigenvalue weighted by molar-refractivity contribution is 7.92. The molecule has 2 N–H and O–H groups in total. The van der Waals surface area contributed by atoms with E-state index in [0.717, 1.165) is 23.5 Å². The van der Waals surface area contributed by atoms with Crippen molar-refractivity contribution >= 4 is 21.6 Å². The minimum Gasteiger partial charge on any atom is -0.349 e. The van der Waals surface area contributed by atoms with E-state index in [1.165, 1.54) is 19.3 Å². The first-order chi connectivity index (χ1) is 13.3. The molecule has 6 heteroatoms. The first-order valence-electron chi connectivity index (χ1n) is 9.83. The highest BCUT2D eigenvalue weighted by atomic mass is 32.2. The predicted molar refractivity (Wildman–Crippen MR) is 110 cm³/mol. The SMILES string of the molecule is Cc1ccc(S(=O)(=O)Nc2ccc(C(=O)N[C@@H]3C[C@H]4CC[C@H]3C4)cc2C)cc1. The van der Waals surface area contributed by atoms with Gasteiger partial charge in [-0.1, -0.05) is 24.1 Å². The molecule has 3 atom stereocenters. The molecule has 2 aliphatic carbocycles. The molecule has 2 fully saturated rings. The number of carbonyl (C=O) groups is 1. The van der Waals surface area contributed by atoms with E-state index in [-0.39, 0.29) is 16.8 Å². The van der Waals surface area contributed by atoms with Crippen LogP contribution in [0, 0.1) is 25.7 Å². The van der Waals surface area contributed by atoms with E-state index in [9.17, 15) is 13.2 Å². The van der Waals surface area contributed by atoms with Gasteiger partial charge in [-0.15, -0.1) is 0 Å². The summed E-state index contributed by atoms with van der Waals surface area (Å²) < 4.78 is 27.8. The number of hydrogen-bond donors (Lipinski definition) is 2. The second kappa shape index (κ2) is 7.24. The second-order valence-electron chi connectivity index (χ2n) is 8.20. The predicted octanol–water partition coefficient (Wildman–Crippen LogP) is 4.02. The minimum atomic E-state index is -3.66. The van der Waals surface area contributed by atoms with Crippen molar-refractivity contribution in [2.45, 2.75) is 50.5 Å². The van der Waals surface area contributed by atoms with E-state index in [1.807, 2.05) is 6.92 Å². The Morgan fingerprint density at radius 2 is 1.75 bits per heavy atom. The monoisotopic (exact) mass is 398 g/mol. The number of benzene rings is 2. The number of carbonyl (C=O) groups excluding carboxylic acids is 1. The maximum absolute atomic E-state index is 12.6. The Kier molecular flexibility index (Phi) is 4.91. The summed E-state index contributed by atoms with van der Waals surface area (Å²) in [4.78, 5) is 12.8. The van der Waals surface area contributed by atoms with Crippen molar-refractivity contribution in [3.05, 3.63) is 59.2 Å². The highest BCUT2D eigenvalue weighted by Crippen LogP contribution is 2.44. The van der Waals surface area contributed by atoms with Gasteiger partial charge in [-0.3, -0.25) is 9.52 Å². The summed E-state index contributed by atoms with van der Waals surface area (Å²) in [7, 11) is -3.66. The van der Waals surface area contributed by atoms with Gasteiger partial charge in [0.2, 0.25) is 0 Å². The summed E-state index contributed by atoms with van der Waals surface area (Å²) in [5.41, 5.74) is 2.77. The van der Waals surface area contributed by atoms with Gasteiger partial charge in [0.05, 0.1) is 10.6 Å². The molecule has 2 aliphatic rings. The Bertz CT molecular complexity index is 999. The first kappa shape index (κ1) is 19.0. The van der Waals surface area contributed by atoms with Crippen molar-refractivity contribution in [2.24, 2.45) is 11.8 Å². The van der Waals surface area contributed by atoms with Crippen LogP contribution >= 0.6 is 0 Å². The van der Waals surface area contributed by atoms with Crippen molar-refractivity contribution in [1.82, 2.24) is 5.32 Å². The van der Waals surface area contributed by atoms with E-state index in [4.69, 9.17) is 0 Å². The van der Waals surface area contributed by atoms with Gasteiger partial charge in [0.15, 0.2) is 0 Å². The summed E-state index contributed by atoms with van der Waals surface area (Å²) in [6.07, 6.45) is 4.84. The fourth-order valence-corrected chi connectivity index (χ4v) is 5.64. The van der Waals surface area contributed by atoms with Crippen molar-refractivity contribution in [3.63, 3.8) is 0 Å². The van der Waals surface area contributed by atoms with E-state index >= 15 is 0 Å². The van der Waals surface area contributed by atoms with Gasteiger partial charge in [0.25, 0.3) is 15.9 Å². The smallest absolute Gasteiger partial charge is 0.261 e. The summed E-state index contributed by atoms with van der Waals surface area (Å²) in [6.45, 7) is 3.72. The topological polar surface area (TPSA) is 75.3 Å². The van der Waals surface area contributed by atoms with Gasteiger partial charge in [-0.05, 0) is 80.8 Å². The van der Waals surface area contributed by atoms with Crippen molar-refractivity contribution in [2.75, 3.05) is 4.72 Å². The molecule has 2 aromatic carbocycles. The van der Waals surface area contributed by atoms with E-state index < -0.39 is 10.0 Å². The molecule has 0 spiro atoms. The summed E-state index contributed by atoms with van der Waals surface area (Å²) in [6, 6.07) is 12.1. The molecule has 2 aromatic rings. The Morgan fingerprint density at radius 3 is 2.36 bits per heavy atom. The van der Waals surface area contributed by atoms with Crippen LogP contribution in [0.5, 0.6) is 0 Å². The Hall–Kier alpha value is -2.34. The van der Waals surface area contributed by atoms with Crippen LogP contribution in [0.25, 0.3) is 0 Å². The zero-order valence-corrected chi connectivity index (χ0v) is 17.1. The molecule has 28 heavy (non-hydrogen) atoms. The van der Waals surface area contributed by atoms with Crippen LogP contribution in [0.15, 0.2) is 47.4 Å². The van der Waals surface area contributed by atoms with Crippen LogP contribution in [0.2, 0.25) is 0 Å². The zero-order valence-electron chi connectivity index (χ0n) is 16.2. The lowest BCUT2D eigenvalue weighted by atomic mass is 9.95. The lowest BCUT2D eigenvalue weighted by molar-refractivity contribution is 0.0923. The van der Waals surface area contributed by atoms with Gasteiger partial charge in [-0.25, -0.2) is 8.42 Å². The van der Waals surface area contributed by atoms with Crippen LogP contribution in [0.1, 0.15) is 47.2 Å². The lowest BCUT2D eigenvalue weighted by Crippen LogP contribution is -2.38. The standard InChI is InChI=1S/C22H26N2O3S/c1-14-3-8-19(9-4-14)28(26,27)24-20-10-7-18(11-15(20)2)22(25)23-21-13-16-5-6-17(21)12-16/h3-4,7-11,16-17,21,24H,5-6,12-13H2,1-2H3,(H,23,25)/t16-,17-,21+/m0/s1. The maximum Gasteiger partial charge on any atom is 0.261 e. The third-order valence-electron chi connectivity index (χ3n) is 6.12. The van der Waals surface area contributed by atoms with Crippen LogP contribution in [0.3, 0.4) is 0 Å². The molecular weight excluding hydrogens is 372 g/mol. The highest BCUT2D eigenvalue weighted by Gasteiger charge is 2.40. The minimum absolute atomic E-state index is 0.0754. The fourth-order valence-electron chi connectivity index (χ4n) is 4.51. The van der Waals surface area contributed by atoms with Crippen molar-refractivity contribution < 1.29 is 13.2 Å². The van der Waals surface area contributed by atoms with Crippen LogP contribution in [-0.2, 0) is 10.0 Å². The van der Waals surface area contributed by atoms with Gasteiger partial charge < -0.3 is 5.32 Å². The average Bonchev–Trinajstić information content (AvgIpc) is 3.26. The summed E-state index contributed by atoms with van der Waals surface area (Å²) >= 11 is 0. The molecule has 0 heterocycles. The quantitative estimate of drug-likeness (QED) is 0.799. The number of rotatable bonds is 5. The summed E-state index contributed by atoms with van der Waals surface area (Å²) in [5, 5.41) is 3.18. The van der Waals surface area contributed by atoms with E-state index in [1.54, 1.807) is 49.4 Å². The van der Waals surface area contributed by atoms with Crippen LogP contribution in [0.4, 0.5) is 5.69 Å². The number of hydrogen-bond acceptors (Lipinski definition) is 3. The van der Waals surface area contributed by atoms with Crippen LogP contribution < -0.4 is 10.0 Å². The third-order valence-corrected chi connectivity index (χ3v) is 7.50. The summed E-state index contributed by atoms with van der Waals surface area (Å²) in [5.74, 6) is 1.32. The maximum atomic E-state index is 12.6. The molecule has 0 radical (unpaired) electrons. The normalized spacial score (nSPS) is 23.6. The molecule has 1 amide bonds. The number of aryl methyl sites for hydroxylation is 2. The number of anilines is 1. The molecule has 148 valence electrons. The largest absolute Gasteiger partial charge is 0.349 e. The lowest BCUT2D eigenvalue weighted by Gasteiger charge is -2.23. The zero-order chi connectivity index (χ0) is 19.9.